The van der Waals surface area contributed by atoms with Gasteiger partial charge in [0.2, 0.25) is 0 Å². The van der Waals surface area contributed by atoms with E-state index in [0.717, 1.165) is 42.7 Å². The van der Waals surface area contributed by atoms with E-state index >= 15 is 0 Å². The molecule has 0 radical (unpaired) electrons. The molecule has 4 nitrogen and oxygen atoms in total. The van der Waals surface area contributed by atoms with Crippen LogP contribution in [-0.4, -0.2) is 24.4 Å². The molecule has 0 bridgehead atoms. The number of hydrogen-bond acceptors (Lipinski definition) is 4. The lowest BCUT2D eigenvalue weighted by Crippen LogP contribution is -2.19. The third-order valence-corrected chi connectivity index (χ3v) is 8.12. The van der Waals surface area contributed by atoms with Gasteiger partial charge in [-0.25, -0.2) is 4.39 Å². The van der Waals surface area contributed by atoms with E-state index in [9.17, 15) is 27.5 Å². The molecule has 1 N–H and O–H groups in total. The molecule has 11 heteroatoms. The van der Waals surface area contributed by atoms with Crippen LogP contribution in [0.5, 0.6) is 11.5 Å². The number of carboxylic acids is 1. The Morgan fingerprint density at radius 3 is 2.50 bits per heavy atom. The molecule has 2 aromatic carbocycles. The van der Waals surface area contributed by atoms with Crippen LogP contribution in [0.2, 0.25) is 4.34 Å². The second kappa shape index (κ2) is 12.2. The van der Waals surface area contributed by atoms with Gasteiger partial charge in [-0.05, 0) is 73.1 Å². The molecule has 2 atom stereocenters. The topological polar surface area (TPSA) is 55.8 Å². The number of methoxy groups -OCH3 is 1. The number of hydrogen-bond donors (Lipinski definition) is 1. The predicted molar refractivity (Wildman–Crippen MR) is 145 cm³/mol. The van der Waals surface area contributed by atoms with Crippen molar-refractivity contribution in [1.82, 2.24) is 0 Å². The Morgan fingerprint density at radius 2 is 1.89 bits per heavy atom. The fourth-order valence-electron chi connectivity index (χ4n) is 4.44. The average molecular weight is 591 g/mol. The van der Waals surface area contributed by atoms with Gasteiger partial charge in [-0.1, -0.05) is 23.7 Å². The van der Waals surface area contributed by atoms with E-state index in [1.54, 1.807) is 18.2 Å². The maximum Gasteiger partial charge on any atom is 0.395 e. The Labute approximate surface area is 234 Å². The number of ether oxygens (including phenoxy) is 2. The summed E-state index contributed by atoms with van der Waals surface area (Å²) in [5, 5.41) is 9.30. The van der Waals surface area contributed by atoms with E-state index in [4.69, 9.17) is 21.1 Å². The van der Waals surface area contributed by atoms with Gasteiger partial charge in [-0.3, -0.25) is 4.79 Å². The van der Waals surface area contributed by atoms with Crippen LogP contribution in [0.3, 0.4) is 0 Å². The Balaban J connectivity index is 0.00000400. The first kappa shape index (κ1) is 30.1. The van der Waals surface area contributed by atoms with E-state index < -0.39 is 23.9 Å². The third-order valence-electron chi connectivity index (χ3n) is 6.60. The van der Waals surface area contributed by atoms with Crippen LogP contribution in [0.25, 0.3) is 10.4 Å². The molecule has 1 aromatic heterocycles. The Kier molecular flexibility index (Phi) is 9.65. The van der Waals surface area contributed by atoms with Gasteiger partial charge < -0.3 is 14.6 Å². The number of aliphatic carboxylic acids is 1. The van der Waals surface area contributed by atoms with Gasteiger partial charge >= 0.3 is 12.1 Å². The number of carbonyl (C=O) groups is 1. The lowest BCUT2D eigenvalue weighted by atomic mass is 9.91. The highest BCUT2D eigenvalue weighted by atomic mass is 35.5. The molecule has 1 aliphatic rings. The molecular weight excluding hydrogens is 564 g/mol. The highest BCUT2D eigenvalue weighted by Gasteiger charge is 2.41. The molecular formula is C27H27ClF4O4S2. The van der Waals surface area contributed by atoms with Gasteiger partial charge in [0.05, 0.1) is 19.4 Å². The van der Waals surface area contributed by atoms with Crippen molar-refractivity contribution in [2.75, 3.05) is 7.11 Å². The molecule has 1 saturated carbocycles. The summed E-state index contributed by atoms with van der Waals surface area (Å²) in [5.41, 5.74) is 0.754. The van der Waals surface area contributed by atoms with Gasteiger partial charge in [-0.2, -0.15) is 26.7 Å². The molecule has 0 spiro atoms. The summed E-state index contributed by atoms with van der Waals surface area (Å²) in [5.74, 6) is -2.71. The SMILES string of the molecule is COc1ccc(F)c(-c2sc(Cl)c(COc3cccc([C@@H](CC(=O)O)C4CC4)c3)c2C(C)C(F)(F)F)c1.S. The first-order valence-electron chi connectivity index (χ1n) is 11.7. The quantitative estimate of drug-likeness (QED) is 0.240. The summed E-state index contributed by atoms with van der Waals surface area (Å²) in [7, 11) is 1.38. The number of rotatable bonds is 10. The number of thiophene rings is 1. The fraction of sp³-hybridized carbons (Fsp3) is 0.370. The minimum Gasteiger partial charge on any atom is -0.497 e. The summed E-state index contributed by atoms with van der Waals surface area (Å²) in [4.78, 5) is 11.4. The molecule has 206 valence electrons. The van der Waals surface area contributed by atoms with Crippen molar-refractivity contribution in [1.29, 1.82) is 0 Å². The van der Waals surface area contributed by atoms with Crippen molar-refractivity contribution in [3.63, 3.8) is 0 Å². The van der Waals surface area contributed by atoms with Gasteiger partial charge in [-0.15, -0.1) is 11.3 Å². The van der Waals surface area contributed by atoms with Crippen LogP contribution in [0.15, 0.2) is 42.5 Å². The van der Waals surface area contributed by atoms with Crippen molar-refractivity contribution >= 4 is 42.4 Å². The molecule has 0 saturated heterocycles. The smallest absolute Gasteiger partial charge is 0.395 e. The lowest BCUT2D eigenvalue weighted by Gasteiger charge is -2.20. The number of halogens is 5. The zero-order valence-electron chi connectivity index (χ0n) is 20.6. The summed E-state index contributed by atoms with van der Waals surface area (Å²) in [6.07, 6.45) is -2.70. The van der Waals surface area contributed by atoms with E-state index in [1.807, 2.05) is 6.07 Å². The summed E-state index contributed by atoms with van der Waals surface area (Å²) in [6, 6.07) is 10.8. The second-order valence-electron chi connectivity index (χ2n) is 9.11. The van der Waals surface area contributed by atoms with Crippen LogP contribution in [0, 0.1) is 11.7 Å². The van der Waals surface area contributed by atoms with E-state index in [2.05, 4.69) is 0 Å². The molecule has 4 rings (SSSR count). The van der Waals surface area contributed by atoms with Crippen LogP contribution < -0.4 is 9.47 Å². The van der Waals surface area contributed by atoms with Gasteiger partial charge in [0.25, 0.3) is 0 Å². The van der Waals surface area contributed by atoms with E-state index in [-0.39, 0.29) is 64.3 Å². The highest BCUT2D eigenvalue weighted by Crippen LogP contribution is 2.49. The summed E-state index contributed by atoms with van der Waals surface area (Å²) in [6.45, 7) is 0.739. The van der Waals surface area contributed by atoms with Crippen molar-refractivity contribution in [3.8, 4) is 21.9 Å². The average Bonchev–Trinajstić information content (AvgIpc) is 3.63. The minimum absolute atomic E-state index is 0. The standard InChI is InChI=1S/C27H25ClF4O4S.H2S/c1-14(27(30,31)32)24-21(26(28)37-25(24)20-11-17(35-2)8-9-22(20)29)13-36-18-5-3-4-16(10-18)19(12-23(33)34)15-6-7-15;/h3-5,8-11,14-15,19H,6-7,12-13H2,1-2H3,(H,33,34);1H2/t14?,19-;/m0./s1. The molecule has 1 aliphatic carbocycles. The Bertz CT molecular complexity index is 1290. The van der Waals surface area contributed by atoms with Crippen LogP contribution in [0.4, 0.5) is 17.6 Å². The normalized spacial score (nSPS) is 14.9. The highest BCUT2D eigenvalue weighted by molar-refractivity contribution is 7.59. The zero-order chi connectivity index (χ0) is 26.9. The first-order valence-corrected chi connectivity index (χ1v) is 12.8. The zero-order valence-corrected chi connectivity index (χ0v) is 23.1. The largest absolute Gasteiger partial charge is 0.497 e. The molecule has 1 unspecified atom stereocenters. The van der Waals surface area contributed by atoms with Gasteiger partial charge in [0.1, 0.15) is 28.3 Å². The molecule has 3 aromatic rings. The Morgan fingerprint density at radius 1 is 1.18 bits per heavy atom. The molecule has 1 fully saturated rings. The molecule has 1 heterocycles. The van der Waals surface area contributed by atoms with Crippen molar-refractivity contribution in [3.05, 3.63) is 69.3 Å². The maximum absolute atomic E-state index is 14.8. The molecule has 38 heavy (non-hydrogen) atoms. The number of alkyl halides is 3. The van der Waals surface area contributed by atoms with Crippen LogP contribution >= 0.6 is 36.4 Å². The monoisotopic (exact) mass is 590 g/mol. The first-order chi connectivity index (χ1) is 17.5. The number of carboxylic acid groups (broad SMARTS) is 1. The van der Waals surface area contributed by atoms with Gasteiger partial charge in [0, 0.05) is 16.0 Å². The third kappa shape index (κ3) is 6.76. The van der Waals surface area contributed by atoms with Crippen molar-refractivity contribution in [2.24, 2.45) is 5.92 Å². The molecule has 0 amide bonds. The minimum atomic E-state index is -4.60. The van der Waals surface area contributed by atoms with Crippen molar-refractivity contribution in [2.45, 2.75) is 50.8 Å². The number of benzene rings is 2. The summed E-state index contributed by atoms with van der Waals surface area (Å²) < 4.78 is 67.6. The lowest BCUT2D eigenvalue weighted by molar-refractivity contribution is -0.146. The fourth-order valence-corrected chi connectivity index (χ4v) is 5.98. The van der Waals surface area contributed by atoms with E-state index in [1.165, 1.54) is 19.2 Å². The maximum atomic E-state index is 14.8. The van der Waals surface area contributed by atoms with Crippen LogP contribution in [-0.2, 0) is 11.4 Å². The Hall–Kier alpha value is -2.43. The molecule has 0 aliphatic heterocycles. The predicted octanol–water partition coefficient (Wildman–Crippen LogP) is 8.54. The van der Waals surface area contributed by atoms with Gasteiger partial charge in [0.15, 0.2) is 0 Å². The van der Waals surface area contributed by atoms with Crippen LogP contribution in [0.1, 0.15) is 54.7 Å². The van der Waals surface area contributed by atoms with E-state index in [0.29, 0.717) is 11.5 Å². The van der Waals surface area contributed by atoms with Crippen molar-refractivity contribution < 1.29 is 36.9 Å². The summed E-state index contributed by atoms with van der Waals surface area (Å²) >= 11 is 7.29. The second-order valence-corrected chi connectivity index (χ2v) is 10.7.